The molecule has 0 saturated heterocycles. The normalized spacial score (nSPS) is 12.9. The lowest BCUT2D eigenvalue weighted by Gasteiger charge is -2.14. The zero-order valence-electron chi connectivity index (χ0n) is 9.40. The van der Waals surface area contributed by atoms with Gasteiger partial charge in [0.05, 0.1) is 17.9 Å². The molecule has 0 saturated carbocycles. The van der Waals surface area contributed by atoms with Crippen LogP contribution >= 0.6 is 0 Å². The number of nitrogens with zero attached hydrogens (tertiary/aromatic N) is 2. The SMILES string of the molecule is CCn1cc(NC(=O)[C@@H](N)C(C)C)cn1. The topological polar surface area (TPSA) is 72.9 Å². The van der Waals surface area contributed by atoms with Gasteiger partial charge in [-0.1, -0.05) is 13.8 Å². The Labute approximate surface area is 89.6 Å². The number of amides is 1. The number of hydrogen-bond acceptors (Lipinski definition) is 3. The van der Waals surface area contributed by atoms with Crippen LogP contribution in [-0.4, -0.2) is 21.7 Å². The van der Waals surface area contributed by atoms with Crippen LogP contribution in [-0.2, 0) is 11.3 Å². The Morgan fingerprint density at radius 2 is 2.33 bits per heavy atom. The molecule has 0 aliphatic rings. The van der Waals surface area contributed by atoms with Crippen molar-refractivity contribution in [3.8, 4) is 0 Å². The van der Waals surface area contributed by atoms with Crippen LogP contribution in [0.3, 0.4) is 0 Å². The molecule has 0 aliphatic carbocycles. The van der Waals surface area contributed by atoms with Crippen molar-refractivity contribution >= 4 is 11.6 Å². The Morgan fingerprint density at radius 1 is 1.67 bits per heavy atom. The Bertz CT molecular complexity index is 332. The molecule has 0 fully saturated rings. The van der Waals surface area contributed by atoms with Gasteiger partial charge in [0.2, 0.25) is 5.91 Å². The molecule has 0 bridgehead atoms. The number of carbonyl (C=O) groups excluding carboxylic acids is 1. The number of nitrogens with two attached hydrogens (primary N) is 1. The summed E-state index contributed by atoms with van der Waals surface area (Å²) in [5.41, 5.74) is 6.40. The Hall–Kier alpha value is -1.36. The van der Waals surface area contributed by atoms with Crippen molar-refractivity contribution in [1.29, 1.82) is 0 Å². The van der Waals surface area contributed by atoms with Crippen LogP contribution in [0.2, 0.25) is 0 Å². The van der Waals surface area contributed by atoms with E-state index in [1.54, 1.807) is 17.1 Å². The number of hydrogen-bond donors (Lipinski definition) is 2. The first-order chi connectivity index (χ1) is 7.04. The Kier molecular flexibility index (Phi) is 3.85. The van der Waals surface area contributed by atoms with Crippen molar-refractivity contribution in [3.05, 3.63) is 12.4 Å². The minimum atomic E-state index is -0.477. The molecule has 84 valence electrons. The van der Waals surface area contributed by atoms with Crippen LogP contribution in [0.15, 0.2) is 12.4 Å². The van der Waals surface area contributed by atoms with Gasteiger partial charge < -0.3 is 11.1 Å². The summed E-state index contributed by atoms with van der Waals surface area (Å²) in [6, 6.07) is -0.477. The standard InChI is InChI=1S/C10H18N4O/c1-4-14-6-8(5-12-14)13-10(15)9(11)7(2)3/h5-7,9H,4,11H2,1-3H3,(H,13,15)/t9-/m0/s1. The lowest BCUT2D eigenvalue weighted by atomic mass is 10.1. The third-order valence-corrected chi connectivity index (χ3v) is 2.25. The van der Waals surface area contributed by atoms with Crippen molar-refractivity contribution in [2.45, 2.75) is 33.4 Å². The third kappa shape index (κ3) is 3.06. The second-order valence-electron chi connectivity index (χ2n) is 3.84. The minimum absolute atomic E-state index is 0.131. The summed E-state index contributed by atoms with van der Waals surface area (Å²) < 4.78 is 1.75. The van der Waals surface area contributed by atoms with Crippen molar-refractivity contribution in [3.63, 3.8) is 0 Å². The van der Waals surface area contributed by atoms with Gasteiger partial charge in [-0.3, -0.25) is 9.48 Å². The van der Waals surface area contributed by atoms with E-state index in [0.717, 1.165) is 6.54 Å². The second-order valence-corrected chi connectivity index (χ2v) is 3.84. The molecule has 5 nitrogen and oxygen atoms in total. The molecule has 1 rings (SSSR count). The zero-order chi connectivity index (χ0) is 11.4. The summed E-state index contributed by atoms with van der Waals surface area (Å²) in [7, 11) is 0. The van der Waals surface area contributed by atoms with Crippen LogP contribution < -0.4 is 11.1 Å². The zero-order valence-corrected chi connectivity index (χ0v) is 9.40. The van der Waals surface area contributed by atoms with Crippen molar-refractivity contribution in [2.75, 3.05) is 5.32 Å². The first-order valence-corrected chi connectivity index (χ1v) is 5.13. The molecule has 15 heavy (non-hydrogen) atoms. The number of nitrogens with one attached hydrogen (secondary N) is 1. The van der Waals surface area contributed by atoms with Crippen LogP contribution in [0.25, 0.3) is 0 Å². The van der Waals surface area contributed by atoms with Gasteiger partial charge in [0, 0.05) is 12.7 Å². The largest absolute Gasteiger partial charge is 0.322 e. The highest BCUT2D eigenvalue weighted by molar-refractivity contribution is 5.94. The van der Waals surface area contributed by atoms with Crippen LogP contribution in [0, 0.1) is 5.92 Å². The summed E-state index contributed by atoms with van der Waals surface area (Å²) >= 11 is 0. The molecule has 0 aromatic carbocycles. The first kappa shape index (κ1) is 11.7. The predicted molar refractivity (Wildman–Crippen MR) is 59.3 cm³/mol. The molecule has 0 aliphatic heterocycles. The fourth-order valence-electron chi connectivity index (χ4n) is 1.13. The smallest absolute Gasteiger partial charge is 0.241 e. The van der Waals surface area contributed by atoms with Crippen molar-refractivity contribution in [2.24, 2.45) is 11.7 Å². The van der Waals surface area contributed by atoms with Gasteiger partial charge in [0.1, 0.15) is 0 Å². The van der Waals surface area contributed by atoms with E-state index < -0.39 is 6.04 Å². The molecule has 0 unspecified atom stereocenters. The number of anilines is 1. The van der Waals surface area contributed by atoms with E-state index in [1.807, 2.05) is 20.8 Å². The maximum absolute atomic E-state index is 11.6. The molecule has 1 atom stereocenters. The first-order valence-electron chi connectivity index (χ1n) is 5.13. The van der Waals surface area contributed by atoms with Gasteiger partial charge in [0.15, 0.2) is 0 Å². The molecule has 1 aromatic rings. The van der Waals surface area contributed by atoms with Crippen molar-refractivity contribution < 1.29 is 4.79 Å². The Balaban J connectivity index is 2.58. The molecule has 3 N–H and O–H groups in total. The van der Waals surface area contributed by atoms with E-state index in [1.165, 1.54) is 0 Å². The van der Waals surface area contributed by atoms with Gasteiger partial charge >= 0.3 is 0 Å². The van der Waals surface area contributed by atoms with Gasteiger partial charge in [-0.2, -0.15) is 5.10 Å². The summed E-state index contributed by atoms with van der Waals surface area (Å²) in [4.78, 5) is 11.6. The highest BCUT2D eigenvalue weighted by Crippen LogP contribution is 2.07. The minimum Gasteiger partial charge on any atom is -0.322 e. The van der Waals surface area contributed by atoms with E-state index in [9.17, 15) is 4.79 Å². The number of aryl methyl sites for hydroxylation is 1. The molecule has 0 radical (unpaired) electrons. The summed E-state index contributed by atoms with van der Waals surface area (Å²) in [5, 5.41) is 6.78. The molecule has 5 heteroatoms. The average Bonchev–Trinajstić information content (AvgIpc) is 2.64. The quantitative estimate of drug-likeness (QED) is 0.773. The van der Waals surface area contributed by atoms with Gasteiger partial charge in [-0.25, -0.2) is 0 Å². The third-order valence-electron chi connectivity index (χ3n) is 2.25. The number of aromatic nitrogens is 2. The molecule has 1 aromatic heterocycles. The predicted octanol–water partition coefficient (Wildman–Crippen LogP) is 0.825. The second kappa shape index (κ2) is 4.93. The van der Waals surface area contributed by atoms with Crippen molar-refractivity contribution in [1.82, 2.24) is 9.78 Å². The van der Waals surface area contributed by atoms with Crippen LogP contribution in [0.5, 0.6) is 0 Å². The molecular formula is C10H18N4O. The van der Waals surface area contributed by atoms with Crippen LogP contribution in [0.4, 0.5) is 5.69 Å². The fraction of sp³-hybridized carbons (Fsp3) is 0.600. The molecular weight excluding hydrogens is 192 g/mol. The molecule has 1 heterocycles. The van der Waals surface area contributed by atoms with Gasteiger partial charge in [-0.15, -0.1) is 0 Å². The number of rotatable bonds is 4. The fourth-order valence-corrected chi connectivity index (χ4v) is 1.13. The van der Waals surface area contributed by atoms with E-state index in [-0.39, 0.29) is 11.8 Å². The maximum Gasteiger partial charge on any atom is 0.241 e. The lowest BCUT2D eigenvalue weighted by Crippen LogP contribution is -2.39. The summed E-state index contributed by atoms with van der Waals surface area (Å²) in [6.45, 7) is 6.60. The maximum atomic E-state index is 11.6. The highest BCUT2D eigenvalue weighted by Gasteiger charge is 2.17. The summed E-state index contributed by atoms with van der Waals surface area (Å²) in [6.07, 6.45) is 3.40. The van der Waals surface area contributed by atoms with E-state index >= 15 is 0 Å². The highest BCUT2D eigenvalue weighted by atomic mass is 16.2. The number of carbonyl (C=O) groups is 1. The molecule has 0 spiro atoms. The van der Waals surface area contributed by atoms with Crippen LogP contribution in [0.1, 0.15) is 20.8 Å². The van der Waals surface area contributed by atoms with Gasteiger partial charge in [0.25, 0.3) is 0 Å². The van der Waals surface area contributed by atoms with E-state index in [4.69, 9.17) is 5.73 Å². The summed E-state index contributed by atoms with van der Waals surface area (Å²) in [5.74, 6) is -0.0353. The van der Waals surface area contributed by atoms with E-state index in [0.29, 0.717) is 5.69 Å². The average molecular weight is 210 g/mol. The van der Waals surface area contributed by atoms with Gasteiger partial charge in [-0.05, 0) is 12.8 Å². The monoisotopic (exact) mass is 210 g/mol. The Morgan fingerprint density at radius 3 is 2.80 bits per heavy atom. The molecule has 1 amide bonds. The lowest BCUT2D eigenvalue weighted by molar-refractivity contribution is -0.118. The van der Waals surface area contributed by atoms with E-state index in [2.05, 4.69) is 10.4 Å².